The van der Waals surface area contributed by atoms with E-state index in [0.29, 0.717) is 0 Å². The van der Waals surface area contributed by atoms with Crippen LogP contribution in [0.4, 0.5) is 0 Å². The van der Waals surface area contributed by atoms with Gasteiger partial charge >= 0.3 is 0 Å². The highest BCUT2D eigenvalue weighted by atomic mass is 16.4. The van der Waals surface area contributed by atoms with Gasteiger partial charge in [-0.05, 0) is 39.2 Å². The van der Waals surface area contributed by atoms with Crippen molar-refractivity contribution in [1.29, 1.82) is 0 Å². The summed E-state index contributed by atoms with van der Waals surface area (Å²) < 4.78 is 0. The third-order valence-electron chi connectivity index (χ3n) is 2.01. The van der Waals surface area contributed by atoms with Gasteiger partial charge in [-0.1, -0.05) is 29.3 Å². The van der Waals surface area contributed by atoms with E-state index in [2.05, 4.69) is 25.1 Å². The largest absolute Gasteiger partial charge is 0.411 e. The van der Waals surface area contributed by atoms with Gasteiger partial charge in [-0.25, -0.2) is 0 Å². The van der Waals surface area contributed by atoms with Crippen molar-refractivity contribution in [2.24, 2.45) is 5.16 Å². The Morgan fingerprint density at radius 1 is 1.31 bits per heavy atom. The zero-order chi connectivity index (χ0) is 10.1. The smallest absolute Gasteiger partial charge is 0.0660 e. The maximum absolute atomic E-state index is 8.18. The molecule has 0 fully saturated rings. The fourth-order valence-electron chi connectivity index (χ4n) is 0.934. The van der Waals surface area contributed by atoms with E-state index in [9.17, 15) is 0 Å². The summed E-state index contributed by atoms with van der Waals surface area (Å²) in [6, 6.07) is 0. The number of allylic oxidation sites excluding steroid dienone is 4. The first-order valence-corrected chi connectivity index (χ1v) is 4.69. The molecule has 0 aromatic heterocycles. The Bertz CT molecular complexity index is 214. The molecule has 0 rings (SSSR count). The van der Waals surface area contributed by atoms with Gasteiger partial charge in [0.15, 0.2) is 0 Å². The van der Waals surface area contributed by atoms with Gasteiger partial charge in [-0.3, -0.25) is 0 Å². The predicted molar refractivity (Wildman–Crippen MR) is 57.3 cm³/mol. The molecule has 0 amide bonds. The minimum Gasteiger partial charge on any atom is -0.411 e. The van der Waals surface area contributed by atoms with E-state index < -0.39 is 0 Å². The van der Waals surface area contributed by atoms with Crippen molar-refractivity contribution < 1.29 is 5.21 Å². The molecule has 2 nitrogen and oxygen atoms in total. The Morgan fingerprint density at radius 2 is 2.00 bits per heavy atom. The standard InChI is InChI=1S/C11H19NO/c1-4-10(2)6-5-7-11(3)8-9-12-13/h6,8-9,13H,4-5,7H2,1-3H3/b10-6+,11-8+,12-9+. The van der Waals surface area contributed by atoms with Crippen molar-refractivity contribution in [2.75, 3.05) is 0 Å². The fourth-order valence-corrected chi connectivity index (χ4v) is 0.934. The summed E-state index contributed by atoms with van der Waals surface area (Å²) in [6.45, 7) is 6.35. The van der Waals surface area contributed by atoms with Crippen molar-refractivity contribution in [3.63, 3.8) is 0 Å². The van der Waals surface area contributed by atoms with Crippen LogP contribution in [0.3, 0.4) is 0 Å². The molecule has 0 atom stereocenters. The molecule has 0 saturated heterocycles. The molecule has 0 aromatic carbocycles. The van der Waals surface area contributed by atoms with Crippen LogP contribution in [0.15, 0.2) is 28.5 Å². The van der Waals surface area contributed by atoms with Crippen LogP contribution in [0.5, 0.6) is 0 Å². The van der Waals surface area contributed by atoms with Crippen LogP contribution >= 0.6 is 0 Å². The molecule has 74 valence electrons. The van der Waals surface area contributed by atoms with E-state index >= 15 is 0 Å². The number of rotatable bonds is 5. The van der Waals surface area contributed by atoms with Crippen LogP contribution in [0.2, 0.25) is 0 Å². The summed E-state index contributed by atoms with van der Waals surface area (Å²) in [7, 11) is 0. The second kappa shape index (κ2) is 7.59. The number of hydrogen-bond acceptors (Lipinski definition) is 2. The molecule has 0 radical (unpaired) electrons. The fraction of sp³-hybridized carbons (Fsp3) is 0.545. The lowest BCUT2D eigenvalue weighted by Crippen LogP contribution is -1.79. The maximum atomic E-state index is 8.18. The summed E-state index contributed by atoms with van der Waals surface area (Å²) in [5.74, 6) is 0. The van der Waals surface area contributed by atoms with Crippen LogP contribution < -0.4 is 0 Å². The summed E-state index contributed by atoms with van der Waals surface area (Å²) >= 11 is 0. The quantitative estimate of drug-likeness (QED) is 0.299. The Morgan fingerprint density at radius 3 is 2.54 bits per heavy atom. The molecule has 0 aliphatic heterocycles. The maximum Gasteiger partial charge on any atom is 0.0660 e. The summed E-state index contributed by atoms with van der Waals surface area (Å²) in [4.78, 5) is 0. The van der Waals surface area contributed by atoms with E-state index in [1.807, 2.05) is 13.0 Å². The first-order valence-electron chi connectivity index (χ1n) is 4.69. The second-order valence-electron chi connectivity index (χ2n) is 3.22. The third-order valence-corrected chi connectivity index (χ3v) is 2.01. The molecule has 2 heteroatoms. The van der Waals surface area contributed by atoms with Crippen molar-refractivity contribution in [3.05, 3.63) is 23.3 Å². The Hall–Kier alpha value is -1.05. The average Bonchev–Trinajstić information content (AvgIpc) is 2.14. The predicted octanol–water partition coefficient (Wildman–Crippen LogP) is 3.53. The minimum absolute atomic E-state index is 1.03. The lowest BCUT2D eigenvalue weighted by Gasteiger charge is -1.97. The van der Waals surface area contributed by atoms with Crippen LogP contribution in [0, 0.1) is 0 Å². The molecule has 0 bridgehead atoms. The number of hydrogen-bond donors (Lipinski definition) is 1. The molecule has 0 saturated carbocycles. The van der Waals surface area contributed by atoms with Crippen LogP contribution in [-0.2, 0) is 0 Å². The van der Waals surface area contributed by atoms with E-state index in [4.69, 9.17) is 5.21 Å². The highest BCUT2D eigenvalue weighted by Crippen LogP contribution is 2.07. The van der Waals surface area contributed by atoms with Crippen LogP contribution in [-0.4, -0.2) is 11.4 Å². The van der Waals surface area contributed by atoms with Gasteiger partial charge < -0.3 is 5.21 Å². The van der Waals surface area contributed by atoms with Crippen molar-refractivity contribution >= 4 is 6.21 Å². The SMILES string of the molecule is CC/C(C)=C/CC/C(C)=C/C=N/O. The molecule has 13 heavy (non-hydrogen) atoms. The van der Waals surface area contributed by atoms with Gasteiger partial charge in [-0.15, -0.1) is 0 Å². The molecule has 0 aromatic rings. The van der Waals surface area contributed by atoms with Gasteiger partial charge in [0.25, 0.3) is 0 Å². The minimum atomic E-state index is 1.03. The van der Waals surface area contributed by atoms with Gasteiger partial charge in [0.1, 0.15) is 0 Å². The monoisotopic (exact) mass is 181 g/mol. The molecule has 0 heterocycles. The molecule has 0 aliphatic carbocycles. The van der Waals surface area contributed by atoms with E-state index in [1.54, 1.807) is 0 Å². The van der Waals surface area contributed by atoms with Gasteiger partial charge in [0, 0.05) is 0 Å². The number of oxime groups is 1. The molecular weight excluding hydrogens is 162 g/mol. The summed E-state index contributed by atoms with van der Waals surface area (Å²) in [5, 5.41) is 11.1. The van der Waals surface area contributed by atoms with Gasteiger partial charge in [0.2, 0.25) is 0 Å². The third kappa shape index (κ3) is 7.32. The lowest BCUT2D eigenvalue weighted by atomic mass is 10.1. The second-order valence-corrected chi connectivity index (χ2v) is 3.22. The zero-order valence-electron chi connectivity index (χ0n) is 8.75. The van der Waals surface area contributed by atoms with E-state index in [0.717, 1.165) is 19.3 Å². The lowest BCUT2D eigenvalue weighted by molar-refractivity contribution is 0.322. The topological polar surface area (TPSA) is 32.6 Å². The van der Waals surface area contributed by atoms with E-state index in [-0.39, 0.29) is 0 Å². The summed E-state index contributed by atoms with van der Waals surface area (Å²) in [6.07, 6.45) is 8.72. The highest BCUT2D eigenvalue weighted by molar-refractivity contribution is 5.71. The molecule has 0 spiro atoms. The van der Waals surface area contributed by atoms with Crippen molar-refractivity contribution in [1.82, 2.24) is 0 Å². The van der Waals surface area contributed by atoms with Crippen LogP contribution in [0.25, 0.3) is 0 Å². The molecular formula is C11H19NO. The molecule has 0 unspecified atom stereocenters. The average molecular weight is 181 g/mol. The number of nitrogens with zero attached hydrogens (tertiary/aromatic N) is 1. The van der Waals surface area contributed by atoms with Gasteiger partial charge in [-0.2, -0.15) is 0 Å². The normalized spacial score (nSPS) is 14.1. The first kappa shape index (κ1) is 11.9. The Balaban J connectivity index is 3.76. The van der Waals surface area contributed by atoms with E-state index in [1.165, 1.54) is 17.4 Å². The zero-order valence-corrected chi connectivity index (χ0v) is 8.75. The summed E-state index contributed by atoms with van der Waals surface area (Å²) in [5.41, 5.74) is 2.67. The van der Waals surface area contributed by atoms with Crippen molar-refractivity contribution in [3.8, 4) is 0 Å². The Labute approximate surface area is 80.7 Å². The van der Waals surface area contributed by atoms with Crippen LogP contribution in [0.1, 0.15) is 40.0 Å². The molecule has 0 aliphatic rings. The van der Waals surface area contributed by atoms with Gasteiger partial charge in [0.05, 0.1) is 6.21 Å². The first-order chi connectivity index (χ1) is 6.20. The van der Waals surface area contributed by atoms with Crippen molar-refractivity contribution in [2.45, 2.75) is 40.0 Å². The Kier molecular flexibility index (Phi) is 6.98. The highest BCUT2D eigenvalue weighted by Gasteiger charge is 1.88. The molecule has 1 N–H and O–H groups in total.